The minimum atomic E-state index is -0.0516. The maximum atomic E-state index is 11.7. The Morgan fingerprint density at radius 1 is 1.26 bits per heavy atom. The molecule has 1 heterocycles. The second-order valence-electron chi connectivity index (χ2n) is 7.02. The zero-order valence-corrected chi connectivity index (χ0v) is 19.1. The molecule has 0 radical (unpaired) electrons. The molecule has 3 N–H and O–H groups in total. The Balaban J connectivity index is 0.00000364. The number of carbonyl (C=O) groups excluding carboxylic acids is 1. The molecule has 0 spiro atoms. The molecule has 1 aliphatic heterocycles. The standard InChI is InChI=1S/C20H33N5O.HI/c1-16(15-25-11-4-5-12-25)14-24-20(22-3)23-10-9-17-7-6-8-18(13-17)19(26)21-2;/h6-8,13,16H,4-5,9-12,14-15H2,1-3H3,(H,21,26)(H2,22,23,24);1H. The molecule has 6 nitrogen and oxygen atoms in total. The molecule has 1 fully saturated rings. The lowest BCUT2D eigenvalue weighted by Crippen LogP contribution is -2.42. The van der Waals surface area contributed by atoms with Gasteiger partial charge in [0.25, 0.3) is 5.91 Å². The normalized spacial score (nSPS) is 15.7. The summed E-state index contributed by atoms with van der Waals surface area (Å²) in [7, 11) is 3.45. The number of halogens is 1. The predicted octanol–water partition coefficient (Wildman–Crippen LogP) is 2.10. The SMILES string of the molecule is CN=C(NCCc1cccc(C(=O)NC)c1)NCC(C)CN1CCCC1.I. The first-order valence-electron chi connectivity index (χ1n) is 9.60. The zero-order valence-electron chi connectivity index (χ0n) is 16.8. The van der Waals surface area contributed by atoms with E-state index in [0.29, 0.717) is 11.5 Å². The van der Waals surface area contributed by atoms with E-state index < -0.39 is 0 Å². The number of aliphatic imine (C=N–C) groups is 1. The molecule has 7 heteroatoms. The van der Waals surface area contributed by atoms with Crippen molar-refractivity contribution in [3.8, 4) is 0 Å². The van der Waals surface area contributed by atoms with Crippen molar-refractivity contribution in [1.29, 1.82) is 0 Å². The van der Waals surface area contributed by atoms with E-state index in [2.05, 4.69) is 32.8 Å². The van der Waals surface area contributed by atoms with Gasteiger partial charge < -0.3 is 20.9 Å². The van der Waals surface area contributed by atoms with E-state index in [1.165, 1.54) is 25.9 Å². The van der Waals surface area contributed by atoms with Crippen LogP contribution in [0.2, 0.25) is 0 Å². The smallest absolute Gasteiger partial charge is 0.251 e. The van der Waals surface area contributed by atoms with Crippen molar-refractivity contribution in [2.24, 2.45) is 10.9 Å². The number of nitrogens with one attached hydrogen (secondary N) is 3. The van der Waals surface area contributed by atoms with Crippen LogP contribution in [0.5, 0.6) is 0 Å². The van der Waals surface area contributed by atoms with Crippen LogP contribution in [-0.4, -0.2) is 63.6 Å². The van der Waals surface area contributed by atoms with Gasteiger partial charge in [0.2, 0.25) is 0 Å². The van der Waals surface area contributed by atoms with E-state index in [0.717, 1.165) is 37.6 Å². The summed E-state index contributed by atoms with van der Waals surface area (Å²) in [6.45, 7) is 7.61. The van der Waals surface area contributed by atoms with Gasteiger partial charge in [-0.05, 0) is 56.0 Å². The Hall–Kier alpha value is -1.35. The third-order valence-corrected chi connectivity index (χ3v) is 4.73. The molecule has 1 saturated heterocycles. The van der Waals surface area contributed by atoms with E-state index in [1.807, 2.05) is 24.3 Å². The number of rotatable bonds is 8. The second kappa shape index (κ2) is 12.9. The number of amides is 1. The van der Waals surface area contributed by atoms with Crippen molar-refractivity contribution < 1.29 is 4.79 Å². The third-order valence-electron chi connectivity index (χ3n) is 4.73. The lowest BCUT2D eigenvalue weighted by Gasteiger charge is -2.21. The quantitative estimate of drug-likeness (QED) is 0.299. The van der Waals surface area contributed by atoms with Crippen LogP contribution in [0, 0.1) is 5.92 Å². The van der Waals surface area contributed by atoms with Crippen LogP contribution in [0.3, 0.4) is 0 Å². The minimum Gasteiger partial charge on any atom is -0.356 e. The highest BCUT2D eigenvalue weighted by molar-refractivity contribution is 14.0. The summed E-state index contributed by atoms with van der Waals surface area (Å²) in [6.07, 6.45) is 3.52. The number of hydrogen-bond acceptors (Lipinski definition) is 3. The monoisotopic (exact) mass is 487 g/mol. The van der Waals surface area contributed by atoms with Crippen LogP contribution < -0.4 is 16.0 Å². The highest BCUT2D eigenvalue weighted by Crippen LogP contribution is 2.09. The summed E-state index contributed by atoms with van der Waals surface area (Å²) in [5, 5.41) is 9.43. The molecule has 2 rings (SSSR count). The molecule has 27 heavy (non-hydrogen) atoms. The number of nitrogens with zero attached hydrogens (tertiary/aromatic N) is 2. The molecule has 0 aromatic heterocycles. The number of carbonyl (C=O) groups is 1. The van der Waals surface area contributed by atoms with Gasteiger partial charge in [-0.1, -0.05) is 19.1 Å². The van der Waals surface area contributed by atoms with Crippen molar-refractivity contribution in [3.63, 3.8) is 0 Å². The Bertz CT molecular complexity index is 602. The Morgan fingerprint density at radius 3 is 2.67 bits per heavy atom. The molecule has 0 aliphatic carbocycles. The average molecular weight is 487 g/mol. The van der Waals surface area contributed by atoms with E-state index in [9.17, 15) is 4.79 Å². The van der Waals surface area contributed by atoms with E-state index in [4.69, 9.17) is 0 Å². The average Bonchev–Trinajstić information content (AvgIpc) is 3.17. The Labute approximate surface area is 180 Å². The fraction of sp³-hybridized carbons (Fsp3) is 0.600. The van der Waals surface area contributed by atoms with Gasteiger partial charge in [-0.2, -0.15) is 0 Å². The number of likely N-dealkylation sites (tertiary alicyclic amines) is 1. The van der Waals surface area contributed by atoms with E-state index in [1.54, 1.807) is 14.1 Å². The summed E-state index contributed by atoms with van der Waals surface area (Å²) in [4.78, 5) is 18.5. The summed E-state index contributed by atoms with van der Waals surface area (Å²) in [5.41, 5.74) is 1.83. The third kappa shape index (κ3) is 8.47. The summed E-state index contributed by atoms with van der Waals surface area (Å²) < 4.78 is 0. The van der Waals surface area contributed by atoms with Crippen LogP contribution in [0.15, 0.2) is 29.3 Å². The fourth-order valence-electron chi connectivity index (χ4n) is 3.30. The maximum Gasteiger partial charge on any atom is 0.251 e. The molecule has 0 saturated carbocycles. The van der Waals surface area contributed by atoms with Crippen LogP contribution in [-0.2, 0) is 6.42 Å². The first-order chi connectivity index (χ1) is 12.6. The van der Waals surface area contributed by atoms with Gasteiger partial charge in [0, 0.05) is 39.3 Å². The highest BCUT2D eigenvalue weighted by Gasteiger charge is 2.14. The minimum absolute atomic E-state index is 0. The van der Waals surface area contributed by atoms with Gasteiger partial charge in [-0.15, -0.1) is 24.0 Å². The molecule has 0 bridgehead atoms. The molecular weight excluding hydrogens is 453 g/mol. The number of hydrogen-bond donors (Lipinski definition) is 3. The number of guanidine groups is 1. The lowest BCUT2D eigenvalue weighted by molar-refractivity contribution is 0.0963. The van der Waals surface area contributed by atoms with Gasteiger partial charge in [0.1, 0.15) is 0 Å². The van der Waals surface area contributed by atoms with Gasteiger partial charge >= 0.3 is 0 Å². The van der Waals surface area contributed by atoms with Gasteiger partial charge in [-0.25, -0.2) is 0 Å². The Morgan fingerprint density at radius 2 is 2.00 bits per heavy atom. The molecule has 1 unspecified atom stereocenters. The van der Waals surface area contributed by atoms with Crippen LogP contribution in [0.4, 0.5) is 0 Å². The lowest BCUT2D eigenvalue weighted by atomic mass is 10.1. The predicted molar refractivity (Wildman–Crippen MR) is 123 cm³/mol. The van der Waals surface area contributed by atoms with Gasteiger partial charge in [-0.3, -0.25) is 9.79 Å². The summed E-state index contributed by atoms with van der Waals surface area (Å²) in [6, 6.07) is 7.74. The summed E-state index contributed by atoms with van der Waals surface area (Å²) in [5.74, 6) is 1.38. The molecule has 1 amide bonds. The first-order valence-corrected chi connectivity index (χ1v) is 9.60. The van der Waals surface area contributed by atoms with Crippen molar-refractivity contribution in [1.82, 2.24) is 20.9 Å². The van der Waals surface area contributed by atoms with Crippen LogP contribution >= 0.6 is 24.0 Å². The molecule has 1 atom stereocenters. The fourth-order valence-corrected chi connectivity index (χ4v) is 3.30. The van der Waals surface area contributed by atoms with Gasteiger partial charge in [0.15, 0.2) is 5.96 Å². The molecular formula is C20H34IN5O. The van der Waals surface area contributed by atoms with Crippen molar-refractivity contribution in [2.45, 2.75) is 26.2 Å². The highest BCUT2D eigenvalue weighted by atomic mass is 127. The zero-order chi connectivity index (χ0) is 18.8. The van der Waals surface area contributed by atoms with Crippen molar-refractivity contribution >= 4 is 35.8 Å². The summed E-state index contributed by atoms with van der Waals surface area (Å²) >= 11 is 0. The second-order valence-corrected chi connectivity index (χ2v) is 7.02. The van der Waals surface area contributed by atoms with Crippen LogP contribution in [0.25, 0.3) is 0 Å². The van der Waals surface area contributed by atoms with Crippen LogP contribution in [0.1, 0.15) is 35.7 Å². The topological polar surface area (TPSA) is 68.8 Å². The van der Waals surface area contributed by atoms with Crippen molar-refractivity contribution in [3.05, 3.63) is 35.4 Å². The molecule has 1 aromatic rings. The molecule has 152 valence electrons. The number of benzene rings is 1. The molecule has 1 aromatic carbocycles. The van der Waals surface area contributed by atoms with E-state index in [-0.39, 0.29) is 29.9 Å². The Kier molecular flexibility index (Phi) is 11.3. The van der Waals surface area contributed by atoms with Gasteiger partial charge in [0.05, 0.1) is 0 Å². The molecule has 1 aliphatic rings. The maximum absolute atomic E-state index is 11.7. The van der Waals surface area contributed by atoms with E-state index >= 15 is 0 Å². The van der Waals surface area contributed by atoms with Crippen molar-refractivity contribution in [2.75, 3.05) is 46.8 Å². The largest absolute Gasteiger partial charge is 0.356 e. The first kappa shape index (κ1) is 23.7.